The van der Waals surface area contributed by atoms with Crippen LogP contribution in [0.25, 0.3) is 10.9 Å². The maximum absolute atomic E-state index is 12.2. The minimum atomic E-state index is -0.455. The highest BCUT2D eigenvalue weighted by Gasteiger charge is 2.10. The van der Waals surface area contributed by atoms with Crippen LogP contribution in [0.2, 0.25) is 5.02 Å². The Kier molecular flexibility index (Phi) is 3.65. The maximum atomic E-state index is 12.2. The number of nitrogens with zero attached hydrogens (tertiary/aromatic N) is 2. The average molecular weight is 315 g/mol. The largest absolute Gasteiger partial charge is 0.304 e. The summed E-state index contributed by atoms with van der Waals surface area (Å²) >= 11 is 6.14. The number of aromatic nitrogens is 1. The first-order valence-electron chi connectivity index (χ1n) is 6.57. The van der Waals surface area contributed by atoms with Gasteiger partial charge in [0, 0.05) is 28.6 Å². The molecule has 3 rings (SSSR count). The first kappa shape index (κ1) is 14.3. The van der Waals surface area contributed by atoms with E-state index in [0.717, 1.165) is 5.56 Å². The van der Waals surface area contributed by atoms with Gasteiger partial charge in [0.1, 0.15) is 0 Å². The van der Waals surface area contributed by atoms with Gasteiger partial charge in [-0.2, -0.15) is 0 Å². The molecule has 0 bridgehead atoms. The van der Waals surface area contributed by atoms with E-state index in [2.05, 4.69) is 0 Å². The summed E-state index contributed by atoms with van der Waals surface area (Å²) in [6, 6.07) is 14.7. The Bertz CT molecular complexity index is 934. The lowest BCUT2D eigenvalue weighted by molar-refractivity contribution is -0.384. The summed E-state index contributed by atoms with van der Waals surface area (Å²) in [4.78, 5) is 22.5. The Hall–Kier alpha value is -2.66. The van der Waals surface area contributed by atoms with Gasteiger partial charge in [-0.15, -0.1) is 0 Å². The molecule has 0 spiro atoms. The van der Waals surface area contributed by atoms with Gasteiger partial charge in [0.15, 0.2) is 0 Å². The van der Waals surface area contributed by atoms with Crippen LogP contribution in [0.15, 0.2) is 59.4 Å². The van der Waals surface area contributed by atoms with E-state index in [-0.39, 0.29) is 11.2 Å². The molecule has 0 atom stereocenters. The van der Waals surface area contributed by atoms with Gasteiger partial charge >= 0.3 is 0 Å². The van der Waals surface area contributed by atoms with Crippen molar-refractivity contribution in [3.05, 3.63) is 85.7 Å². The molecule has 0 radical (unpaired) electrons. The molecule has 0 saturated heterocycles. The quantitative estimate of drug-likeness (QED) is 0.548. The second-order valence-corrected chi connectivity index (χ2v) is 5.26. The van der Waals surface area contributed by atoms with Crippen molar-refractivity contribution < 1.29 is 4.92 Å². The minimum absolute atomic E-state index is 0.00422. The molecule has 1 aromatic heterocycles. The van der Waals surface area contributed by atoms with Crippen LogP contribution >= 0.6 is 11.6 Å². The van der Waals surface area contributed by atoms with Gasteiger partial charge in [-0.1, -0.05) is 29.8 Å². The summed E-state index contributed by atoms with van der Waals surface area (Å²) in [6.07, 6.45) is 0. The molecule has 1 heterocycles. The number of rotatable bonds is 3. The summed E-state index contributed by atoms with van der Waals surface area (Å²) in [7, 11) is 0. The van der Waals surface area contributed by atoms with Crippen LogP contribution in [0.4, 0.5) is 5.69 Å². The zero-order valence-electron chi connectivity index (χ0n) is 11.4. The van der Waals surface area contributed by atoms with Gasteiger partial charge in [0.05, 0.1) is 17.0 Å². The smallest absolute Gasteiger partial charge is 0.270 e. The number of hydrogen-bond donors (Lipinski definition) is 0. The van der Waals surface area contributed by atoms with E-state index in [0.29, 0.717) is 22.5 Å². The number of pyridine rings is 1. The van der Waals surface area contributed by atoms with Crippen LogP contribution in [0.3, 0.4) is 0 Å². The predicted octanol–water partition coefficient (Wildman–Crippen LogP) is 3.61. The van der Waals surface area contributed by atoms with Crippen LogP contribution in [-0.2, 0) is 6.54 Å². The van der Waals surface area contributed by atoms with Gasteiger partial charge in [0.25, 0.3) is 11.2 Å². The highest BCUT2D eigenvalue weighted by atomic mass is 35.5. The van der Waals surface area contributed by atoms with Crippen LogP contribution in [0.1, 0.15) is 5.56 Å². The van der Waals surface area contributed by atoms with Gasteiger partial charge in [-0.05, 0) is 23.8 Å². The van der Waals surface area contributed by atoms with Gasteiger partial charge in [0.2, 0.25) is 0 Å². The van der Waals surface area contributed by atoms with Gasteiger partial charge in [-0.25, -0.2) is 0 Å². The highest BCUT2D eigenvalue weighted by Crippen LogP contribution is 2.22. The number of non-ortho nitro benzene ring substituents is 1. The zero-order chi connectivity index (χ0) is 15.7. The molecule has 2 aromatic carbocycles. The van der Waals surface area contributed by atoms with Crippen LogP contribution in [0, 0.1) is 10.1 Å². The fourth-order valence-electron chi connectivity index (χ4n) is 2.36. The van der Waals surface area contributed by atoms with Crippen LogP contribution in [-0.4, -0.2) is 9.49 Å². The third-order valence-electron chi connectivity index (χ3n) is 3.47. The standard InChI is InChI=1S/C16H11ClN2O3/c17-14-4-2-1-3-12(14)10-18-15-7-6-13(19(21)22)9-11(15)5-8-16(18)20/h1-9H,10H2. The minimum Gasteiger partial charge on any atom is -0.304 e. The summed E-state index contributed by atoms with van der Waals surface area (Å²) < 4.78 is 1.56. The molecule has 0 aliphatic rings. The second kappa shape index (κ2) is 5.61. The second-order valence-electron chi connectivity index (χ2n) is 4.85. The van der Waals surface area contributed by atoms with Gasteiger partial charge < -0.3 is 4.57 Å². The molecular formula is C16H11ClN2O3. The molecule has 0 aliphatic heterocycles. The molecule has 110 valence electrons. The number of nitro groups is 1. The normalized spacial score (nSPS) is 10.8. The van der Waals surface area contributed by atoms with E-state index < -0.39 is 4.92 Å². The topological polar surface area (TPSA) is 65.1 Å². The molecule has 0 fully saturated rings. The van der Waals surface area contributed by atoms with E-state index in [1.54, 1.807) is 22.8 Å². The lowest BCUT2D eigenvalue weighted by Gasteiger charge is -2.11. The van der Waals surface area contributed by atoms with Crippen LogP contribution < -0.4 is 5.56 Å². The Morgan fingerprint density at radius 1 is 1.09 bits per heavy atom. The first-order chi connectivity index (χ1) is 10.6. The number of hydrogen-bond acceptors (Lipinski definition) is 3. The summed E-state index contributed by atoms with van der Waals surface area (Å²) in [6.45, 7) is 0.313. The van der Waals surface area contributed by atoms with Crippen molar-refractivity contribution in [2.24, 2.45) is 0 Å². The third-order valence-corrected chi connectivity index (χ3v) is 3.84. The predicted molar refractivity (Wildman–Crippen MR) is 85.4 cm³/mol. The van der Waals surface area contributed by atoms with Crippen molar-refractivity contribution in [1.29, 1.82) is 0 Å². The Morgan fingerprint density at radius 2 is 1.86 bits per heavy atom. The molecule has 6 heteroatoms. The maximum Gasteiger partial charge on any atom is 0.270 e. The van der Waals surface area contributed by atoms with Crippen molar-refractivity contribution in [3.63, 3.8) is 0 Å². The Labute approximate surface area is 130 Å². The molecule has 0 aliphatic carbocycles. The van der Waals surface area contributed by atoms with E-state index >= 15 is 0 Å². The molecule has 0 saturated carbocycles. The van der Waals surface area contributed by atoms with Crippen molar-refractivity contribution in [2.75, 3.05) is 0 Å². The fourth-order valence-corrected chi connectivity index (χ4v) is 2.56. The monoisotopic (exact) mass is 314 g/mol. The summed E-state index contributed by atoms with van der Waals surface area (Å²) in [5.74, 6) is 0. The van der Waals surface area contributed by atoms with Gasteiger partial charge in [-0.3, -0.25) is 14.9 Å². The average Bonchev–Trinajstić information content (AvgIpc) is 2.51. The molecule has 3 aromatic rings. The van der Waals surface area contributed by atoms with Crippen molar-refractivity contribution >= 4 is 28.2 Å². The SMILES string of the molecule is O=c1ccc2cc([N+](=O)[O-])ccc2n1Cc1ccccc1Cl. The number of halogens is 1. The number of benzene rings is 2. The molecule has 0 N–H and O–H groups in total. The van der Waals surface area contributed by atoms with E-state index in [9.17, 15) is 14.9 Å². The number of fused-ring (bicyclic) bond motifs is 1. The lowest BCUT2D eigenvalue weighted by Crippen LogP contribution is -2.20. The molecule has 5 nitrogen and oxygen atoms in total. The summed E-state index contributed by atoms with van der Waals surface area (Å²) in [5.41, 5.74) is 1.27. The number of nitro benzene ring substituents is 1. The van der Waals surface area contributed by atoms with E-state index in [1.165, 1.54) is 18.2 Å². The van der Waals surface area contributed by atoms with E-state index in [4.69, 9.17) is 11.6 Å². The van der Waals surface area contributed by atoms with Crippen molar-refractivity contribution in [1.82, 2.24) is 4.57 Å². The zero-order valence-corrected chi connectivity index (χ0v) is 12.2. The fraction of sp³-hybridized carbons (Fsp3) is 0.0625. The molecule has 0 unspecified atom stereocenters. The Balaban J connectivity index is 2.16. The van der Waals surface area contributed by atoms with Crippen LogP contribution in [0.5, 0.6) is 0 Å². The van der Waals surface area contributed by atoms with Crippen molar-refractivity contribution in [3.8, 4) is 0 Å². The summed E-state index contributed by atoms with van der Waals surface area (Å²) in [5, 5.41) is 12.1. The van der Waals surface area contributed by atoms with E-state index in [1.807, 2.05) is 18.2 Å². The molecular weight excluding hydrogens is 304 g/mol. The Morgan fingerprint density at radius 3 is 2.59 bits per heavy atom. The molecule has 22 heavy (non-hydrogen) atoms. The highest BCUT2D eigenvalue weighted by molar-refractivity contribution is 6.31. The van der Waals surface area contributed by atoms with Crippen molar-refractivity contribution in [2.45, 2.75) is 6.54 Å². The lowest BCUT2D eigenvalue weighted by atomic mass is 10.1. The third kappa shape index (κ3) is 2.58. The molecule has 0 amide bonds. The first-order valence-corrected chi connectivity index (χ1v) is 6.95.